The van der Waals surface area contributed by atoms with Gasteiger partial charge in [0.2, 0.25) is 5.43 Å². The molecule has 0 unspecified atom stereocenters. The summed E-state index contributed by atoms with van der Waals surface area (Å²) in [6, 6.07) is 3.45. The van der Waals surface area contributed by atoms with Crippen LogP contribution in [-0.4, -0.2) is 40.3 Å². The van der Waals surface area contributed by atoms with E-state index in [1.54, 1.807) is 4.90 Å². The first-order chi connectivity index (χ1) is 15.7. The van der Waals surface area contributed by atoms with Crippen molar-refractivity contribution < 1.29 is 27.5 Å². The molecule has 1 aliphatic rings. The highest BCUT2D eigenvalue weighted by Gasteiger charge is 2.24. The van der Waals surface area contributed by atoms with E-state index in [0.29, 0.717) is 24.5 Å². The SMILES string of the molecule is NCC(F)=C1CCN(c2nc3c(cc2F)c(=O)c(C(=O)O)cn3-c2ccc(F)cc2F)CC1. The quantitative estimate of drug-likeness (QED) is 0.577. The topological polar surface area (TPSA) is 101 Å². The number of nitrogens with zero attached hydrogens (tertiary/aromatic N) is 3. The van der Waals surface area contributed by atoms with Gasteiger partial charge >= 0.3 is 5.97 Å². The number of rotatable bonds is 4. The molecule has 0 bridgehead atoms. The van der Waals surface area contributed by atoms with E-state index in [1.807, 2.05) is 0 Å². The molecule has 0 amide bonds. The summed E-state index contributed by atoms with van der Waals surface area (Å²) in [6.45, 7) is 0.223. The van der Waals surface area contributed by atoms with Crippen molar-refractivity contribution in [2.45, 2.75) is 12.8 Å². The van der Waals surface area contributed by atoms with Crippen molar-refractivity contribution in [1.29, 1.82) is 0 Å². The molecule has 0 spiro atoms. The molecule has 3 aromatic rings. The number of nitrogens with two attached hydrogens (primary N) is 1. The fourth-order valence-corrected chi connectivity index (χ4v) is 3.85. The van der Waals surface area contributed by atoms with E-state index in [4.69, 9.17) is 5.73 Å². The van der Waals surface area contributed by atoms with Crippen molar-refractivity contribution in [3.63, 3.8) is 0 Å². The maximum absolute atomic E-state index is 15.0. The first kappa shape index (κ1) is 22.5. The summed E-state index contributed by atoms with van der Waals surface area (Å²) < 4.78 is 57.7. The van der Waals surface area contributed by atoms with Gasteiger partial charge in [-0.3, -0.25) is 9.36 Å². The molecule has 0 aliphatic carbocycles. The minimum absolute atomic E-state index is 0.159. The molecule has 2 aromatic heterocycles. The highest BCUT2D eigenvalue weighted by molar-refractivity contribution is 5.92. The zero-order valence-corrected chi connectivity index (χ0v) is 17.1. The second-order valence-corrected chi connectivity index (χ2v) is 7.51. The normalized spacial score (nSPS) is 14.1. The molecule has 33 heavy (non-hydrogen) atoms. The average molecular weight is 462 g/mol. The first-order valence-electron chi connectivity index (χ1n) is 9.97. The van der Waals surface area contributed by atoms with Crippen LogP contribution < -0.4 is 16.1 Å². The van der Waals surface area contributed by atoms with Crippen LogP contribution in [0.15, 0.2) is 46.7 Å². The number of carboxylic acid groups (broad SMARTS) is 1. The molecule has 7 nitrogen and oxygen atoms in total. The third-order valence-electron chi connectivity index (χ3n) is 5.54. The summed E-state index contributed by atoms with van der Waals surface area (Å²) in [7, 11) is 0. The zero-order valence-electron chi connectivity index (χ0n) is 17.1. The van der Waals surface area contributed by atoms with Crippen LogP contribution in [0.2, 0.25) is 0 Å². The van der Waals surface area contributed by atoms with Crippen molar-refractivity contribution in [3.05, 3.63) is 75.1 Å². The Hall–Kier alpha value is -3.73. The molecule has 1 fully saturated rings. The summed E-state index contributed by atoms with van der Waals surface area (Å²) in [5.74, 6) is -4.95. The lowest BCUT2D eigenvalue weighted by Gasteiger charge is -2.30. The van der Waals surface area contributed by atoms with Gasteiger partial charge in [0.25, 0.3) is 0 Å². The molecule has 3 N–H and O–H groups in total. The summed E-state index contributed by atoms with van der Waals surface area (Å²) in [4.78, 5) is 30.0. The monoisotopic (exact) mass is 462 g/mol. The predicted molar refractivity (Wildman–Crippen MR) is 113 cm³/mol. The van der Waals surface area contributed by atoms with Gasteiger partial charge in [-0.25, -0.2) is 27.3 Å². The van der Waals surface area contributed by atoms with Crippen molar-refractivity contribution in [1.82, 2.24) is 9.55 Å². The summed E-state index contributed by atoms with van der Waals surface area (Å²) in [5, 5.41) is 9.01. The highest BCUT2D eigenvalue weighted by atomic mass is 19.1. The van der Waals surface area contributed by atoms with E-state index in [2.05, 4.69) is 4.98 Å². The zero-order chi connectivity index (χ0) is 23.9. The van der Waals surface area contributed by atoms with Crippen molar-refractivity contribution >= 4 is 22.8 Å². The molecule has 1 aromatic carbocycles. The third kappa shape index (κ3) is 4.07. The number of aromatic carboxylic acids is 1. The fraction of sp³-hybridized carbons (Fsp3) is 0.227. The predicted octanol–water partition coefficient (Wildman–Crippen LogP) is 3.28. The first-order valence-corrected chi connectivity index (χ1v) is 9.97. The Kier molecular flexibility index (Phi) is 5.90. The molecule has 172 valence electrons. The Labute approximate surface area is 184 Å². The van der Waals surface area contributed by atoms with Crippen molar-refractivity contribution in [3.8, 4) is 5.69 Å². The second kappa shape index (κ2) is 8.66. The standard InChI is InChI=1S/C22H18F4N4O3/c23-12-1-2-18(15(24)7-12)30-10-14(22(32)33)19(31)13-8-16(25)21(28-20(13)30)29-5-3-11(4-6-29)17(26)9-27/h1-2,7-8,10H,3-6,9,27H2,(H,32,33). The summed E-state index contributed by atoms with van der Waals surface area (Å²) in [6.07, 6.45) is 1.45. The maximum Gasteiger partial charge on any atom is 0.341 e. The van der Waals surface area contributed by atoms with Gasteiger partial charge in [0.05, 0.1) is 11.1 Å². The Bertz CT molecular complexity index is 1360. The summed E-state index contributed by atoms with van der Waals surface area (Å²) in [5.41, 5.74) is 3.65. The number of hydrogen-bond donors (Lipinski definition) is 2. The van der Waals surface area contributed by atoms with Crippen LogP contribution in [0.1, 0.15) is 23.2 Å². The minimum Gasteiger partial charge on any atom is -0.477 e. The Morgan fingerprint density at radius 1 is 1.12 bits per heavy atom. The van der Waals surface area contributed by atoms with Crippen LogP contribution in [0.25, 0.3) is 16.7 Å². The number of fused-ring (bicyclic) bond motifs is 1. The number of pyridine rings is 2. The molecular formula is C22H18F4N4O3. The Balaban J connectivity index is 1.91. The van der Waals surface area contributed by atoms with E-state index < -0.39 is 40.2 Å². The molecule has 3 heterocycles. The van der Waals surface area contributed by atoms with Crippen LogP contribution in [0.5, 0.6) is 0 Å². The number of hydrogen-bond acceptors (Lipinski definition) is 5. The van der Waals surface area contributed by atoms with Gasteiger partial charge in [-0.2, -0.15) is 0 Å². The Morgan fingerprint density at radius 2 is 1.82 bits per heavy atom. The smallest absolute Gasteiger partial charge is 0.341 e. The largest absolute Gasteiger partial charge is 0.477 e. The van der Waals surface area contributed by atoms with Crippen molar-refractivity contribution in [2.75, 3.05) is 24.5 Å². The molecule has 11 heteroatoms. The van der Waals surface area contributed by atoms with Gasteiger partial charge in [0.1, 0.15) is 23.0 Å². The van der Waals surface area contributed by atoms with Crippen LogP contribution in [0, 0.1) is 17.5 Å². The molecule has 1 aliphatic heterocycles. The van der Waals surface area contributed by atoms with E-state index in [-0.39, 0.29) is 42.2 Å². The lowest BCUT2D eigenvalue weighted by Crippen LogP contribution is -2.33. The van der Waals surface area contributed by atoms with Gasteiger partial charge in [-0.05, 0) is 36.6 Å². The van der Waals surface area contributed by atoms with Crippen molar-refractivity contribution in [2.24, 2.45) is 5.73 Å². The molecule has 0 saturated carbocycles. The number of carboxylic acids is 1. The Morgan fingerprint density at radius 3 is 2.42 bits per heavy atom. The van der Waals surface area contributed by atoms with E-state index in [1.165, 1.54) is 0 Å². The maximum atomic E-state index is 15.0. The molecule has 0 radical (unpaired) electrons. The molecule has 0 atom stereocenters. The number of halogens is 4. The second-order valence-electron chi connectivity index (χ2n) is 7.51. The van der Waals surface area contributed by atoms with Gasteiger partial charge < -0.3 is 15.7 Å². The number of benzene rings is 1. The average Bonchev–Trinajstić information content (AvgIpc) is 2.79. The lowest BCUT2D eigenvalue weighted by molar-refractivity contribution is 0.0695. The van der Waals surface area contributed by atoms with Gasteiger partial charge in [-0.1, -0.05) is 0 Å². The van der Waals surface area contributed by atoms with E-state index >= 15 is 0 Å². The molecule has 4 rings (SSSR count). The lowest BCUT2D eigenvalue weighted by atomic mass is 10.0. The van der Waals surface area contributed by atoms with Crippen LogP contribution >= 0.6 is 0 Å². The number of anilines is 1. The number of piperidine rings is 1. The van der Waals surface area contributed by atoms with E-state index in [0.717, 1.165) is 29.0 Å². The van der Waals surface area contributed by atoms with Crippen LogP contribution in [0.3, 0.4) is 0 Å². The van der Waals surface area contributed by atoms with E-state index in [9.17, 15) is 32.3 Å². The van der Waals surface area contributed by atoms with Gasteiger partial charge in [0.15, 0.2) is 17.3 Å². The molecule has 1 saturated heterocycles. The third-order valence-corrected chi connectivity index (χ3v) is 5.54. The highest BCUT2D eigenvalue weighted by Crippen LogP contribution is 2.29. The van der Waals surface area contributed by atoms with Gasteiger partial charge in [0, 0.05) is 31.9 Å². The minimum atomic E-state index is -1.60. The number of carbonyl (C=O) groups is 1. The van der Waals surface area contributed by atoms with Gasteiger partial charge in [-0.15, -0.1) is 0 Å². The molecular weight excluding hydrogens is 444 g/mol. The summed E-state index contributed by atoms with van der Waals surface area (Å²) >= 11 is 0. The number of aromatic nitrogens is 2. The van der Waals surface area contributed by atoms with Crippen LogP contribution in [-0.2, 0) is 0 Å². The van der Waals surface area contributed by atoms with Crippen LogP contribution in [0.4, 0.5) is 23.4 Å². The fourth-order valence-electron chi connectivity index (χ4n) is 3.85.